The van der Waals surface area contributed by atoms with Gasteiger partial charge in [0.1, 0.15) is 12.4 Å². The maximum atomic E-state index is 11.3. The van der Waals surface area contributed by atoms with Crippen LogP contribution in [0.4, 0.5) is 5.69 Å². The van der Waals surface area contributed by atoms with Gasteiger partial charge >= 0.3 is 0 Å². The molecule has 146 valence electrons. The van der Waals surface area contributed by atoms with Gasteiger partial charge in [0.05, 0.1) is 4.92 Å². The molecule has 3 aromatic rings. The molecular formula is C24H22N2O3. The third-order valence-electron chi connectivity index (χ3n) is 5.03. The quantitative estimate of drug-likeness (QED) is 0.342. The lowest BCUT2D eigenvalue weighted by molar-refractivity contribution is -0.384. The van der Waals surface area contributed by atoms with Gasteiger partial charge in [0, 0.05) is 24.2 Å². The summed E-state index contributed by atoms with van der Waals surface area (Å²) in [6.45, 7) is 1.41. The monoisotopic (exact) mass is 386 g/mol. The summed E-state index contributed by atoms with van der Waals surface area (Å²) in [6, 6.07) is 21.1. The van der Waals surface area contributed by atoms with E-state index in [9.17, 15) is 10.1 Å². The molecular weight excluding hydrogens is 364 g/mol. The summed E-state index contributed by atoms with van der Waals surface area (Å²) in [4.78, 5) is 13.1. The van der Waals surface area contributed by atoms with E-state index in [2.05, 4.69) is 23.1 Å². The number of nitro groups is 1. The predicted octanol–water partition coefficient (Wildman–Crippen LogP) is 5.10. The number of fused-ring (bicyclic) bond motifs is 3. The maximum absolute atomic E-state index is 11.3. The van der Waals surface area contributed by atoms with Gasteiger partial charge in [-0.3, -0.25) is 10.1 Å². The first kappa shape index (κ1) is 18.9. The van der Waals surface area contributed by atoms with Gasteiger partial charge in [0.25, 0.3) is 5.69 Å². The van der Waals surface area contributed by atoms with Gasteiger partial charge < -0.3 is 9.64 Å². The topological polar surface area (TPSA) is 55.6 Å². The first-order valence-electron chi connectivity index (χ1n) is 9.51. The van der Waals surface area contributed by atoms with E-state index in [1.54, 1.807) is 12.1 Å². The van der Waals surface area contributed by atoms with Crippen LogP contribution in [0.15, 0.2) is 66.7 Å². The van der Waals surface area contributed by atoms with E-state index in [1.165, 1.54) is 0 Å². The van der Waals surface area contributed by atoms with Crippen LogP contribution in [-0.4, -0.2) is 37.1 Å². The molecule has 0 saturated carbocycles. The molecule has 0 amide bonds. The zero-order chi connectivity index (χ0) is 20.4. The highest BCUT2D eigenvalue weighted by molar-refractivity contribution is 6.07. The van der Waals surface area contributed by atoms with Crippen molar-refractivity contribution in [2.24, 2.45) is 0 Å². The lowest BCUT2D eigenvalue weighted by Crippen LogP contribution is -2.19. The molecule has 0 unspecified atom stereocenters. The number of non-ortho nitro benzene ring substituents is 1. The van der Waals surface area contributed by atoms with Crippen molar-refractivity contribution in [1.82, 2.24) is 4.90 Å². The number of ether oxygens (including phenoxy) is 1. The Morgan fingerprint density at radius 2 is 1.62 bits per heavy atom. The summed E-state index contributed by atoms with van der Waals surface area (Å²) in [5, 5.41) is 11.3. The van der Waals surface area contributed by atoms with Crippen molar-refractivity contribution in [2.45, 2.75) is 0 Å². The molecule has 0 saturated heterocycles. The number of para-hydroxylation sites is 1. The summed E-state index contributed by atoms with van der Waals surface area (Å²) in [7, 11) is 4.02. The minimum atomic E-state index is -0.348. The van der Waals surface area contributed by atoms with Crippen LogP contribution in [0, 0.1) is 10.1 Å². The first-order chi connectivity index (χ1) is 14.0. The molecule has 0 bridgehead atoms. The summed E-state index contributed by atoms with van der Waals surface area (Å²) in [6.07, 6.45) is 2.07. The first-order valence-corrected chi connectivity index (χ1v) is 9.51. The number of benzene rings is 3. The van der Waals surface area contributed by atoms with Crippen molar-refractivity contribution in [3.8, 4) is 16.9 Å². The van der Waals surface area contributed by atoms with Crippen LogP contribution in [0.1, 0.15) is 16.7 Å². The normalized spacial score (nSPS) is 13.4. The molecule has 3 aromatic carbocycles. The van der Waals surface area contributed by atoms with Crippen LogP contribution in [0.2, 0.25) is 0 Å². The Morgan fingerprint density at radius 1 is 0.931 bits per heavy atom. The van der Waals surface area contributed by atoms with E-state index in [0.29, 0.717) is 6.61 Å². The fourth-order valence-corrected chi connectivity index (χ4v) is 3.58. The third-order valence-corrected chi connectivity index (χ3v) is 5.03. The Bertz CT molecular complexity index is 1100. The third kappa shape index (κ3) is 3.77. The van der Waals surface area contributed by atoms with E-state index in [0.717, 1.165) is 45.7 Å². The molecule has 29 heavy (non-hydrogen) atoms. The highest BCUT2D eigenvalue weighted by Crippen LogP contribution is 2.46. The van der Waals surface area contributed by atoms with Crippen molar-refractivity contribution in [3.05, 3.63) is 93.5 Å². The second kappa shape index (κ2) is 7.89. The number of hydrogen-bond acceptors (Lipinski definition) is 4. The van der Waals surface area contributed by atoms with Crippen LogP contribution in [0.3, 0.4) is 0 Å². The molecule has 0 atom stereocenters. The second-order valence-corrected chi connectivity index (χ2v) is 7.28. The minimum Gasteiger partial charge on any atom is -0.492 e. The minimum absolute atomic E-state index is 0.0953. The molecule has 1 aliphatic rings. The van der Waals surface area contributed by atoms with Crippen LogP contribution in [0.25, 0.3) is 22.8 Å². The van der Waals surface area contributed by atoms with Gasteiger partial charge in [-0.25, -0.2) is 0 Å². The van der Waals surface area contributed by atoms with E-state index >= 15 is 0 Å². The molecule has 0 fully saturated rings. The van der Waals surface area contributed by atoms with Crippen molar-refractivity contribution in [3.63, 3.8) is 0 Å². The van der Waals surface area contributed by atoms with Crippen LogP contribution >= 0.6 is 0 Å². The van der Waals surface area contributed by atoms with Gasteiger partial charge in [-0.05, 0) is 60.1 Å². The van der Waals surface area contributed by atoms with Crippen LogP contribution < -0.4 is 4.74 Å². The second-order valence-electron chi connectivity index (χ2n) is 7.28. The highest BCUT2D eigenvalue weighted by atomic mass is 16.6. The Kier molecular flexibility index (Phi) is 5.14. The van der Waals surface area contributed by atoms with E-state index in [4.69, 9.17) is 4.74 Å². The lowest BCUT2D eigenvalue weighted by Gasteiger charge is -2.13. The molecule has 0 N–H and O–H groups in total. The molecule has 1 aliphatic carbocycles. The smallest absolute Gasteiger partial charge is 0.270 e. The number of hydrogen-bond donors (Lipinski definition) is 0. The Hall–Kier alpha value is -3.44. The van der Waals surface area contributed by atoms with Crippen molar-refractivity contribution in [2.75, 3.05) is 27.2 Å². The Morgan fingerprint density at radius 3 is 2.38 bits per heavy atom. The molecule has 0 aromatic heterocycles. The number of nitrogens with zero attached hydrogens (tertiary/aromatic N) is 2. The highest BCUT2D eigenvalue weighted by Gasteiger charge is 2.25. The summed E-state index contributed by atoms with van der Waals surface area (Å²) >= 11 is 0. The van der Waals surface area contributed by atoms with Crippen LogP contribution in [-0.2, 0) is 0 Å². The molecule has 0 spiro atoms. The number of likely N-dealkylation sites (N-methyl/N-ethyl adjacent to an activating group) is 1. The SMILES string of the molecule is CN(C)CCOc1ccccc1/C=C1\c2ccccc2-c2ccc([N+](=O)[O-])cc21. The van der Waals surface area contributed by atoms with Crippen molar-refractivity contribution in [1.29, 1.82) is 0 Å². The number of nitro benzene ring substituents is 1. The van der Waals surface area contributed by atoms with Crippen molar-refractivity contribution >= 4 is 17.3 Å². The number of rotatable bonds is 6. The summed E-state index contributed by atoms with van der Waals surface area (Å²) < 4.78 is 6.00. The van der Waals surface area contributed by atoms with E-state index < -0.39 is 0 Å². The van der Waals surface area contributed by atoms with Gasteiger partial charge in [-0.1, -0.05) is 42.5 Å². The van der Waals surface area contributed by atoms with E-state index in [-0.39, 0.29) is 10.6 Å². The van der Waals surface area contributed by atoms with E-state index in [1.807, 2.05) is 56.6 Å². The average Bonchev–Trinajstić information content (AvgIpc) is 3.02. The molecule has 0 heterocycles. The fourth-order valence-electron chi connectivity index (χ4n) is 3.58. The molecule has 0 radical (unpaired) electrons. The molecule has 5 nitrogen and oxygen atoms in total. The van der Waals surface area contributed by atoms with Gasteiger partial charge in [0.2, 0.25) is 0 Å². The standard InChI is InChI=1S/C24H22N2O3/c1-25(2)13-14-29-24-10-6-3-7-17(24)15-22-20-9-5-4-8-19(20)21-12-11-18(26(27)28)16-23(21)22/h3-12,15-16H,13-14H2,1-2H3/b22-15+. The molecule has 0 aliphatic heterocycles. The van der Waals surface area contributed by atoms with Gasteiger partial charge in [-0.2, -0.15) is 0 Å². The van der Waals surface area contributed by atoms with Gasteiger partial charge in [-0.15, -0.1) is 0 Å². The molecule has 5 heteroatoms. The predicted molar refractivity (Wildman–Crippen MR) is 116 cm³/mol. The largest absolute Gasteiger partial charge is 0.492 e. The van der Waals surface area contributed by atoms with Crippen LogP contribution in [0.5, 0.6) is 5.75 Å². The Balaban J connectivity index is 1.80. The Labute approximate surface area is 170 Å². The maximum Gasteiger partial charge on any atom is 0.270 e. The molecule has 4 rings (SSSR count). The lowest BCUT2D eigenvalue weighted by atomic mass is 10.0. The summed E-state index contributed by atoms with van der Waals surface area (Å²) in [5.74, 6) is 0.804. The van der Waals surface area contributed by atoms with Gasteiger partial charge in [0.15, 0.2) is 0 Å². The summed E-state index contributed by atoms with van der Waals surface area (Å²) in [5.41, 5.74) is 6.09. The zero-order valence-corrected chi connectivity index (χ0v) is 16.5. The fraction of sp³-hybridized carbons (Fsp3) is 0.167. The average molecular weight is 386 g/mol. The van der Waals surface area contributed by atoms with Crippen molar-refractivity contribution < 1.29 is 9.66 Å². The zero-order valence-electron chi connectivity index (χ0n) is 16.5.